The summed E-state index contributed by atoms with van der Waals surface area (Å²) < 4.78 is 0. The van der Waals surface area contributed by atoms with E-state index in [1.165, 1.54) is 11.1 Å². The summed E-state index contributed by atoms with van der Waals surface area (Å²) in [4.78, 5) is 11.2. The maximum atomic E-state index is 11.2. The van der Waals surface area contributed by atoms with Crippen LogP contribution < -0.4 is 5.32 Å². The van der Waals surface area contributed by atoms with Crippen molar-refractivity contribution in [3.05, 3.63) is 35.4 Å². The van der Waals surface area contributed by atoms with Gasteiger partial charge in [-0.3, -0.25) is 4.79 Å². The van der Waals surface area contributed by atoms with Crippen molar-refractivity contribution in [2.75, 3.05) is 13.1 Å². The highest BCUT2D eigenvalue weighted by Crippen LogP contribution is 2.15. The maximum Gasteiger partial charge on any atom is 0.307 e. The molecule has 0 aliphatic rings. The summed E-state index contributed by atoms with van der Waals surface area (Å²) in [6, 6.07) is 8.69. The molecule has 0 aliphatic carbocycles. The Bertz CT molecular complexity index is 423. The Morgan fingerprint density at radius 2 is 1.76 bits per heavy atom. The van der Waals surface area contributed by atoms with E-state index in [-0.39, 0.29) is 5.92 Å². The van der Waals surface area contributed by atoms with Gasteiger partial charge in [-0.25, -0.2) is 0 Å². The Hall–Kier alpha value is -1.35. The molecule has 0 aromatic heterocycles. The summed E-state index contributed by atoms with van der Waals surface area (Å²) in [6.45, 7) is 9.88. The van der Waals surface area contributed by atoms with E-state index >= 15 is 0 Å². The molecule has 0 fully saturated rings. The molecule has 1 aromatic rings. The molecule has 3 nitrogen and oxygen atoms in total. The normalized spacial score (nSPS) is 12.9. The van der Waals surface area contributed by atoms with Gasteiger partial charge in [0.15, 0.2) is 0 Å². The minimum atomic E-state index is -0.697. The molecule has 1 aromatic carbocycles. The molecule has 0 amide bonds. The molecule has 21 heavy (non-hydrogen) atoms. The molecule has 1 unspecified atom stereocenters. The summed E-state index contributed by atoms with van der Waals surface area (Å²) in [7, 11) is 0. The maximum absolute atomic E-state index is 11.2. The highest BCUT2D eigenvalue weighted by atomic mass is 16.4. The smallest absolute Gasteiger partial charge is 0.307 e. The van der Waals surface area contributed by atoms with Gasteiger partial charge in [-0.1, -0.05) is 52.0 Å². The number of nitrogens with one attached hydrogen (secondary N) is 1. The molecule has 0 heterocycles. The van der Waals surface area contributed by atoms with Crippen molar-refractivity contribution in [2.24, 2.45) is 11.8 Å². The number of carbonyl (C=O) groups is 1. The summed E-state index contributed by atoms with van der Waals surface area (Å²) in [5, 5.41) is 12.5. The lowest BCUT2D eigenvalue weighted by Gasteiger charge is -2.15. The highest BCUT2D eigenvalue weighted by molar-refractivity contribution is 5.70. The SMILES string of the molecule is CC(C)CC(CNCCc1ccc(C(C)C)cc1)C(=O)O. The van der Waals surface area contributed by atoms with Crippen molar-refractivity contribution < 1.29 is 9.90 Å². The predicted molar refractivity (Wildman–Crippen MR) is 87.7 cm³/mol. The van der Waals surface area contributed by atoms with Gasteiger partial charge in [-0.2, -0.15) is 0 Å². The van der Waals surface area contributed by atoms with Crippen LogP contribution >= 0.6 is 0 Å². The highest BCUT2D eigenvalue weighted by Gasteiger charge is 2.17. The van der Waals surface area contributed by atoms with Crippen LogP contribution in [0.25, 0.3) is 0 Å². The van der Waals surface area contributed by atoms with Gasteiger partial charge in [0.1, 0.15) is 0 Å². The van der Waals surface area contributed by atoms with Crippen molar-refractivity contribution in [3.63, 3.8) is 0 Å². The third kappa shape index (κ3) is 6.76. The second-order valence-corrected chi connectivity index (χ2v) is 6.52. The molecular weight excluding hydrogens is 262 g/mol. The van der Waals surface area contributed by atoms with Gasteiger partial charge < -0.3 is 10.4 Å². The van der Waals surface area contributed by atoms with Crippen molar-refractivity contribution in [1.29, 1.82) is 0 Å². The summed E-state index contributed by atoms with van der Waals surface area (Å²) >= 11 is 0. The fraction of sp³-hybridized carbons (Fsp3) is 0.611. The monoisotopic (exact) mass is 291 g/mol. The number of hydrogen-bond acceptors (Lipinski definition) is 2. The van der Waals surface area contributed by atoms with Crippen molar-refractivity contribution in [1.82, 2.24) is 5.32 Å². The zero-order chi connectivity index (χ0) is 15.8. The molecular formula is C18H29NO2. The summed E-state index contributed by atoms with van der Waals surface area (Å²) in [6.07, 6.45) is 1.66. The quantitative estimate of drug-likeness (QED) is 0.682. The first kappa shape index (κ1) is 17.7. The van der Waals surface area contributed by atoms with Gasteiger partial charge >= 0.3 is 5.97 Å². The van der Waals surface area contributed by atoms with E-state index in [0.717, 1.165) is 19.4 Å². The standard InChI is InChI=1S/C18H29NO2/c1-13(2)11-17(18(20)21)12-19-10-9-15-5-7-16(8-6-15)14(3)4/h5-8,13-14,17,19H,9-12H2,1-4H3,(H,20,21). The number of rotatable bonds is 9. The molecule has 1 rings (SSSR count). The lowest BCUT2D eigenvalue weighted by molar-refractivity contribution is -0.142. The van der Waals surface area contributed by atoms with Crippen LogP contribution in [-0.2, 0) is 11.2 Å². The predicted octanol–water partition coefficient (Wildman–Crippen LogP) is 3.69. The van der Waals surface area contributed by atoms with Crippen LogP contribution in [0.4, 0.5) is 0 Å². The molecule has 0 radical (unpaired) electrons. The van der Waals surface area contributed by atoms with E-state index in [9.17, 15) is 9.90 Å². The fourth-order valence-corrected chi connectivity index (χ4v) is 2.42. The molecule has 0 saturated heterocycles. The average Bonchev–Trinajstić information content (AvgIpc) is 2.42. The zero-order valence-electron chi connectivity index (χ0n) is 13.7. The van der Waals surface area contributed by atoms with Gasteiger partial charge in [0, 0.05) is 6.54 Å². The molecule has 0 spiro atoms. The van der Waals surface area contributed by atoms with Crippen LogP contribution in [0.1, 0.15) is 51.2 Å². The van der Waals surface area contributed by atoms with Crippen LogP contribution in [0.15, 0.2) is 24.3 Å². The van der Waals surface area contributed by atoms with E-state index < -0.39 is 5.97 Å². The van der Waals surface area contributed by atoms with Crippen LogP contribution in [-0.4, -0.2) is 24.2 Å². The Kier molecular flexibility index (Phi) is 7.44. The Labute approximate surface area is 128 Å². The fourth-order valence-electron chi connectivity index (χ4n) is 2.42. The third-order valence-corrected chi connectivity index (χ3v) is 3.73. The minimum absolute atomic E-state index is 0.284. The zero-order valence-corrected chi connectivity index (χ0v) is 13.7. The van der Waals surface area contributed by atoms with Crippen LogP contribution in [0.5, 0.6) is 0 Å². The van der Waals surface area contributed by atoms with E-state index in [1.807, 2.05) is 0 Å². The second-order valence-electron chi connectivity index (χ2n) is 6.52. The van der Waals surface area contributed by atoms with E-state index in [4.69, 9.17) is 0 Å². The van der Waals surface area contributed by atoms with Crippen molar-refractivity contribution in [2.45, 2.75) is 46.5 Å². The second kappa shape index (κ2) is 8.83. The van der Waals surface area contributed by atoms with Crippen molar-refractivity contribution in [3.8, 4) is 0 Å². The molecule has 0 saturated carbocycles. The number of carboxylic acid groups (broad SMARTS) is 1. The van der Waals surface area contributed by atoms with Gasteiger partial charge in [0.2, 0.25) is 0 Å². The van der Waals surface area contributed by atoms with Gasteiger partial charge in [-0.05, 0) is 42.3 Å². The van der Waals surface area contributed by atoms with Gasteiger partial charge in [0.25, 0.3) is 0 Å². The first-order valence-corrected chi connectivity index (χ1v) is 7.92. The van der Waals surface area contributed by atoms with Crippen LogP contribution in [0, 0.1) is 11.8 Å². The van der Waals surface area contributed by atoms with E-state index in [1.54, 1.807) is 0 Å². The third-order valence-electron chi connectivity index (χ3n) is 3.73. The summed E-state index contributed by atoms with van der Waals surface area (Å²) in [5.41, 5.74) is 2.65. The molecule has 1 atom stereocenters. The topological polar surface area (TPSA) is 49.3 Å². The lowest BCUT2D eigenvalue weighted by atomic mass is 9.97. The van der Waals surface area contributed by atoms with Crippen LogP contribution in [0.2, 0.25) is 0 Å². The first-order chi connectivity index (χ1) is 9.90. The van der Waals surface area contributed by atoms with Gasteiger partial charge in [-0.15, -0.1) is 0 Å². The molecule has 3 heteroatoms. The summed E-state index contributed by atoms with van der Waals surface area (Å²) in [5.74, 6) is -0.00758. The average molecular weight is 291 g/mol. The van der Waals surface area contributed by atoms with Crippen molar-refractivity contribution >= 4 is 5.97 Å². The Balaban J connectivity index is 2.34. The van der Waals surface area contributed by atoms with Crippen LogP contribution in [0.3, 0.4) is 0 Å². The number of aliphatic carboxylic acids is 1. The number of benzene rings is 1. The largest absolute Gasteiger partial charge is 0.481 e. The number of carboxylic acids is 1. The van der Waals surface area contributed by atoms with E-state index in [0.29, 0.717) is 18.4 Å². The Morgan fingerprint density at radius 1 is 1.14 bits per heavy atom. The lowest BCUT2D eigenvalue weighted by Crippen LogP contribution is -2.30. The number of hydrogen-bond donors (Lipinski definition) is 2. The molecule has 2 N–H and O–H groups in total. The Morgan fingerprint density at radius 3 is 2.24 bits per heavy atom. The van der Waals surface area contributed by atoms with Gasteiger partial charge in [0.05, 0.1) is 5.92 Å². The minimum Gasteiger partial charge on any atom is -0.481 e. The molecule has 118 valence electrons. The molecule has 0 bridgehead atoms. The van der Waals surface area contributed by atoms with E-state index in [2.05, 4.69) is 57.3 Å². The first-order valence-electron chi connectivity index (χ1n) is 7.92. The molecule has 0 aliphatic heterocycles.